The van der Waals surface area contributed by atoms with E-state index in [0.29, 0.717) is 17.1 Å². The van der Waals surface area contributed by atoms with E-state index in [1.54, 1.807) is 27.0 Å². The number of carbonyl (C=O) groups excluding carboxylic acids is 2. The summed E-state index contributed by atoms with van der Waals surface area (Å²) >= 11 is 0. The van der Waals surface area contributed by atoms with Gasteiger partial charge in [-0.2, -0.15) is 5.10 Å². The molecule has 0 saturated carbocycles. The van der Waals surface area contributed by atoms with Crippen LogP contribution >= 0.6 is 0 Å². The van der Waals surface area contributed by atoms with Gasteiger partial charge in [0.25, 0.3) is 5.91 Å². The molecule has 2 amide bonds. The van der Waals surface area contributed by atoms with Crippen molar-refractivity contribution in [2.75, 3.05) is 13.7 Å². The molecule has 8 nitrogen and oxygen atoms in total. The molecule has 0 bridgehead atoms. The Hall–Kier alpha value is -3.55. The number of aryl methyl sites for hydroxylation is 2. The summed E-state index contributed by atoms with van der Waals surface area (Å²) in [4.78, 5) is 24.8. The van der Waals surface area contributed by atoms with Gasteiger partial charge in [0.2, 0.25) is 5.91 Å². The van der Waals surface area contributed by atoms with Crippen LogP contribution in [0.1, 0.15) is 52.0 Å². The van der Waals surface area contributed by atoms with Crippen molar-refractivity contribution < 1.29 is 18.7 Å². The molecule has 31 heavy (non-hydrogen) atoms. The van der Waals surface area contributed by atoms with Crippen LogP contribution in [-0.2, 0) is 11.2 Å². The highest BCUT2D eigenvalue weighted by Gasteiger charge is 2.26. The number of rotatable bonds is 6. The predicted octanol–water partition coefficient (Wildman–Crippen LogP) is 3.01. The Labute approximate surface area is 180 Å². The quantitative estimate of drug-likeness (QED) is 0.636. The van der Waals surface area contributed by atoms with E-state index < -0.39 is 0 Å². The highest BCUT2D eigenvalue weighted by molar-refractivity contribution is 5.97. The number of hydrogen-bond donors (Lipinski definition) is 2. The molecule has 1 aromatic carbocycles. The first-order valence-electron chi connectivity index (χ1n) is 10.3. The lowest BCUT2D eigenvalue weighted by Crippen LogP contribution is -2.39. The van der Waals surface area contributed by atoms with E-state index in [2.05, 4.69) is 15.7 Å². The summed E-state index contributed by atoms with van der Waals surface area (Å²) in [7, 11) is 1.64. The Morgan fingerprint density at radius 2 is 2.03 bits per heavy atom. The second-order valence-corrected chi connectivity index (χ2v) is 7.68. The first kappa shape index (κ1) is 20.7. The zero-order valence-electron chi connectivity index (χ0n) is 17.9. The van der Waals surface area contributed by atoms with E-state index in [0.717, 1.165) is 42.0 Å². The minimum absolute atomic E-state index is 0.0963. The molecule has 2 N–H and O–H groups in total. The van der Waals surface area contributed by atoms with Gasteiger partial charge >= 0.3 is 0 Å². The minimum Gasteiger partial charge on any atom is -0.497 e. The third-order valence-corrected chi connectivity index (χ3v) is 5.53. The lowest BCUT2D eigenvalue weighted by molar-refractivity contribution is -0.121. The maximum atomic E-state index is 12.5. The van der Waals surface area contributed by atoms with Gasteiger partial charge < -0.3 is 19.8 Å². The van der Waals surface area contributed by atoms with E-state index in [9.17, 15) is 9.59 Å². The van der Waals surface area contributed by atoms with Crippen LogP contribution in [0.15, 0.2) is 40.9 Å². The molecular weight excluding hydrogens is 396 g/mol. The standard InChI is InChI=1S/C23H26N4O4/c1-14-11-18(15(2)31-14)23(29)24-13-22(28)26-20-5-4-6-21-19(20)12-25-27(21)16-7-9-17(30-3)10-8-16/h7-12,20H,4-6,13H2,1-3H3,(H,24,29)(H,26,28). The third kappa shape index (κ3) is 4.33. The fraction of sp³-hybridized carbons (Fsp3) is 0.348. The normalized spacial score (nSPS) is 15.3. The monoisotopic (exact) mass is 422 g/mol. The van der Waals surface area contributed by atoms with Crippen LogP contribution in [0.2, 0.25) is 0 Å². The maximum Gasteiger partial charge on any atom is 0.255 e. The van der Waals surface area contributed by atoms with Gasteiger partial charge in [-0.1, -0.05) is 0 Å². The number of fused-ring (bicyclic) bond motifs is 1. The summed E-state index contributed by atoms with van der Waals surface area (Å²) in [5.74, 6) is 1.44. The predicted molar refractivity (Wildman–Crippen MR) is 114 cm³/mol. The average molecular weight is 422 g/mol. The first-order valence-corrected chi connectivity index (χ1v) is 10.3. The number of nitrogens with one attached hydrogen (secondary N) is 2. The van der Waals surface area contributed by atoms with Gasteiger partial charge in [0.1, 0.15) is 17.3 Å². The number of methoxy groups -OCH3 is 1. The zero-order chi connectivity index (χ0) is 22.0. The first-order chi connectivity index (χ1) is 15.0. The van der Waals surface area contributed by atoms with Gasteiger partial charge in [0, 0.05) is 11.3 Å². The lowest BCUT2D eigenvalue weighted by atomic mass is 9.93. The summed E-state index contributed by atoms with van der Waals surface area (Å²) in [6.07, 6.45) is 4.49. The molecule has 1 aliphatic carbocycles. The highest BCUT2D eigenvalue weighted by atomic mass is 16.5. The Kier molecular flexibility index (Phi) is 5.79. The van der Waals surface area contributed by atoms with Gasteiger partial charge in [0.15, 0.2) is 0 Å². The number of ether oxygens (including phenoxy) is 1. The van der Waals surface area contributed by atoms with Gasteiger partial charge in [-0.25, -0.2) is 4.68 Å². The van der Waals surface area contributed by atoms with Crippen LogP contribution in [0, 0.1) is 13.8 Å². The molecule has 0 spiro atoms. The average Bonchev–Trinajstić information content (AvgIpc) is 3.35. The number of furan rings is 1. The summed E-state index contributed by atoms with van der Waals surface area (Å²) in [5, 5.41) is 10.3. The van der Waals surface area contributed by atoms with Crippen molar-refractivity contribution in [3.63, 3.8) is 0 Å². The molecule has 1 atom stereocenters. The highest BCUT2D eigenvalue weighted by Crippen LogP contribution is 2.31. The van der Waals surface area contributed by atoms with Crippen molar-refractivity contribution in [3.05, 3.63) is 64.9 Å². The Balaban J connectivity index is 1.41. The molecule has 8 heteroatoms. The fourth-order valence-corrected chi connectivity index (χ4v) is 4.01. The SMILES string of the molecule is COc1ccc(-n2ncc3c2CCCC3NC(=O)CNC(=O)c2cc(C)oc2C)cc1. The van der Waals surface area contributed by atoms with Crippen LogP contribution in [0.5, 0.6) is 5.75 Å². The summed E-state index contributed by atoms with van der Waals surface area (Å²) in [6, 6.07) is 9.27. The van der Waals surface area contributed by atoms with Crippen LogP contribution in [0.4, 0.5) is 0 Å². The number of amides is 2. The van der Waals surface area contributed by atoms with E-state index >= 15 is 0 Å². The van der Waals surface area contributed by atoms with Gasteiger partial charge in [-0.3, -0.25) is 9.59 Å². The molecule has 1 unspecified atom stereocenters. The number of aromatic nitrogens is 2. The van der Waals surface area contributed by atoms with Crippen molar-refractivity contribution in [1.82, 2.24) is 20.4 Å². The molecule has 2 aromatic heterocycles. The number of carbonyl (C=O) groups is 2. The second-order valence-electron chi connectivity index (χ2n) is 7.68. The Bertz CT molecular complexity index is 1100. The van der Waals surface area contributed by atoms with Crippen LogP contribution in [0.25, 0.3) is 5.69 Å². The summed E-state index contributed by atoms with van der Waals surface area (Å²) in [6.45, 7) is 3.41. The molecule has 3 aromatic rings. The maximum absolute atomic E-state index is 12.5. The molecule has 2 heterocycles. The number of benzene rings is 1. The molecule has 0 fully saturated rings. The van der Waals surface area contributed by atoms with Crippen LogP contribution in [0.3, 0.4) is 0 Å². The second kappa shape index (κ2) is 8.67. The fourth-order valence-electron chi connectivity index (χ4n) is 4.01. The van der Waals surface area contributed by atoms with Gasteiger partial charge in [0.05, 0.1) is 37.1 Å². The van der Waals surface area contributed by atoms with Crippen molar-refractivity contribution in [2.45, 2.75) is 39.2 Å². The Morgan fingerprint density at radius 3 is 2.71 bits per heavy atom. The van der Waals surface area contributed by atoms with Crippen molar-refractivity contribution in [3.8, 4) is 11.4 Å². The molecule has 0 saturated heterocycles. The molecule has 1 aliphatic rings. The number of nitrogens with zero attached hydrogens (tertiary/aromatic N) is 2. The van der Waals surface area contributed by atoms with Crippen molar-refractivity contribution >= 4 is 11.8 Å². The number of hydrogen-bond acceptors (Lipinski definition) is 5. The molecular formula is C23H26N4O4. The minimum atomic E-state index is -0.318. The topological polar surface area (TPSA) is 98.4 Å². The van der Waals surface area contributed by atoms with E-state index in [1.807, 2.05) is 35.1 Å². The zero-order valence-corrected chi connectivity index (χ0v) is 17.9. The van der Waals surface area contributed by atoms with Gasteiger partial charge in [-0.05, 0) is 63.4 Å². The van der Waals surface area contributed by atoms with Crippen molar-refractivity contribution in [2.24, 2.45) is 0 Å². The van der Waals surface area contributed by atoms with E-state index in [-0.39, 0.29) is 24.4 Å². The molecule has 0 radical (unpaired) electrons. The van der Waals surface area contributed by atoms with Crippen molar-refractivity contribution in [1.29, 1.82) is 0 Å². The molecule has 0 aliphatic heterocycles. The smallest absolute Gasteiger partial charge is 0.255 e. The Morgan fingerprint density at radius 1 is 1.26 bits per heavy atom. The van der Waals surface area contributed by atoms with Crippen LogP contribution < -0.4 is 15.4 Å². The van der Waals surface area contributed by atoms with Crippen LogP contribution in [-0.4, -0.2) is 35.2 Å². The molecule has 4 rings (SSSR count). The van der Waals surface area contributed by atoms with E-state index in [1.165, 1.54) is 0 Å². The summed E-state index contributed by atoms with van der Waals surface area (Å²) in [5.41, 5.74) is 3.51. The molecule has 162 valence electrons. The lowest BCUT2D eigenvalue weighted by Gasteiger charge is -2.24. The summed E-state index contributed by atoms with van der Waals surface area (Å²) < 4.78 is 12.5. The van der Waals surface area contributed by atoms with Gasteiger partial charge in [-0.15, -0.1) is 0 Å². The largest absolute Gasteiger partial charge is 0.497 e. The third-order valence-electron chi connectivity index (χ3n) is 5.53. The van der Waals surface area contributed by atoms with E-state index in [4.69, 9.17) is 9.15 Å².